The van der Waals surface area contributed by atoms with Crippen molar-refractivity contribution in [1.29, 1.82) is 0 Å². The minimum absolute atomic E-state index is 0.0221. The largest absolute Gasteiger partial charge is 0.463 e. The van der Waals surface area contributed by atoms with Crippen LogP contribution in [0.5, 0.6) is 0 Å². The standard InChI is InChI=1S/C8H16O6P/c1-8(9)12-6-5-11-7-15(10)13-3-2-4-14-15/h10H,2-7H2,1H3. The van der Waals surface area contributed by atoms with Crippen LogP contribution in [-0.2, 0) is 23.3 Å². The van der Waals surface area contributed by atoms with E-state index in [9.17, 15) is 9.69 Å². The maximum atomic E-state index is 10.4. The zero-order chi connectivity index (χ0) is 11.1. The van der Waals surface area contributed by atoms with Crippen LogP contribution >= 0.6 is 7.94 Å². The summed E-state index contributed by atoms with van der Waals surface area (Å²) in [7, 11) is -2.79. The fourth-order valence-corrected chi connectivity index (χ4v) is 2.42. The Morgan fingerprint density at radius 1 is 1.40 bits per heavy atom. The maximum absolute atomic E-state index is 10.4. The van der Waals surface area contributed by atoms with Gasteiger partial charge in [0.1, 0.15) is 13.0 Å². The Balaban J connectivity index is 2.05. The van der Waals surface area contributed by atoms with Gasteiger partial charge in [-0.3, -0.25) is 4.79 Å². The van der Waals surface area contributed by atoms with E-state index >= 15 is 0 Å². The molecule has 15 heavy (non-hydrogen) atoms. The van der Waals surface area contributed by atoms with Crippen molar-refractivity contribution >= 4 is 13.9 Å². The monoisotopic (exact) mass is 239 g/mol. The van der Waals surface area contributed by atoms with Gasteiger partial charge in [0.15, 0.2) is 0 Å². The lowest BCUT2D eigenvalue weighted by Crippen LogP contribution is -2.18. The lowest BCUT2D eigenvalue weighted by atomic mass is 10.5. The first-order valence-electron chi connectivity index (χ1n) is 4.73. The average molecular weight is 239 g/mol. The van der Waals surface area contributed by atoms with Gasteiger partial charge in [0.25, 0.3) is 7.94 Å². The average Bonchev–Trinajstić information content (AvgIpc) is 2.17. The number of hydrogen-bond acceptors (Lipinski definition) is 6. The zero-order valence-electron chi connectivity index (χ0n) is 8.68. The minimum Gasteiger partial charge on any atom is -0.463 e. The molecule has 0 atom stereocenters. The van der Waals surface area contributed by atoms with E-state index in [2.05, 4.69) is 4.74 Å². The van der Waals surface area contributed by atoms with Crippen LogP contribution in [0.1, 0.15) is 13.3 Å². The van der Waals surface area contributed by atoms with Gasteiger partial charge in [0.2, 0.25) is 0 Å². The Morgan fingerprint density at radius 3 is 2.67 bits per heavy atom. The molecular formula is C8H16O6P. The van der Waals surface area contributed by atoms with Crippen molar-refractivity contribution in [2.75, 3.05) is 32.8 Å². The van der Waals surface area contributed by atoms with E-state index in [-0.39, 0.29) is 25.5 Å². The van der Waals surface area contributed by atoms with Crippen molar-refractivity contribution in [3.8, 4) is 0 Å². The molecular weight excluding hydrogens is 223 g/mol. The molecule has 0 aromatic heterocycles. The molecule has 0 unspecified atom stereocenters. The van der Waals surface area contributed by atoms with Crippen LogP contribution < -0.4 is 0 Å². The minimum atomic E-state index is -2.79. The topological polar surface area (TPSA) is 74.2 Å². The van der Waals surface area contributed by atoms with Gasteiger partial charge in [-0.1, -0.05) is 0 Å². The molecule has 6 nitrogen and oxygen atoms in total. The van der Waals surface area contributed by atoms with E-state index in [1.165, 1.54) is 6.92 Å². The number of esters is 1. The number of ether oxygens (including phenoxy) is 2. The summed E-state index contributed by atoms with van der Waals surface area (Å²) in [6.07, 6.45) is 0.810. The molecule has 0 saturated carbocycles. The van der Waals surface area contributed by atoms with Gasteiger partial charge in [-0.25, -0.2) is 0 Å². The Bertz CT molecular complexity index is 203. The Hall–Kier alpha value is -0.260. The van der Waals surface area contributed by atoms with Gasteiger partial charge >= 0.3 is 5.97 Å². The second-order valence-corrected chi connectivity index (χ2v) is 5.08. The van der Waals surface area contributed by atoms with E-state index < -0.39 is 7.94 Å². The molecule has 1 radical (unpaired) electrons. The Kier molecular flexibility index (Phi) is 5.42. The predicted molar refractivity (Wildman–Crippen MR) is 53.1 cm³/mol. The number of hydrogen-bond donors (Lipinski definition) is 1. The number of carbonyl (C=O) groups excluding carboxylic acids is 1. The first kappa shape index (κ1) is 12.8. The third kappa shape index (κ3) is 5.39. The van der Waals surface area contributed by atoms with Crippen molar-refractivity contribution in [2.24, 2.45) is 0 Å². The van der Waals surface area contributed by atoms with Crippen LogP contribution in [0.15, 0.2) is 0 Å². The SMILES string of the molecule is CC(=O)OCCOC[P]1(O)OCCCO1. The Labute approximate surface area is 89.0 Å². The van der Waals surface area contributed by atoms with Crippen molar-refractivity contribution in [3.63, 3.8) is 0 Å². The summed E-state index contributed by atoms with van der Waals surface area (Å²) in [5.74, 6) is -0.350. The van der Waals surface area contributed by atoms with E-state index in [4.69, 9.17) is 13.8 Å². The molecule has 89 valence electrons. The summed E-state index contributed by atoms with van der Waals surface area (Å²) >= 11 is 0. The summed E-state index contributed by atoms with van der Waals surface area (Å²) in [6, 6.07) is 0. The second kappa shape index (κ2) is 6.35. The summed E-state index contributed by atoms with van der Waals surface area (Å²) in [5, 5.41) is 0. The fraction of sp³-hybridized carbons (Fsp3) is 0.875. The highest BCUT2D eigenvalue weighted by Crippen LogP contribution is 2.58. The molecule has 0 aliphatic carbocycles. The van der Waals surface area contributed by atoms with Gasteiger partial charge in [-0.2, -0.15) is 0 Å². The molecule has 1 rings (SSSR count). The van der Waals surface area contributed by atoms with Crippen LogP contribution in [-0.4, -0.2) is 43.6 Å². The van der Waals surface area contributed by atoms with E-state index in [1.807, 2.05) is 0 Å². The van der Waals surface area contributed by atoms with Gasteiger partial charge in [0.05, 0.1) is 19.8 Å². The highest BCUT2D eigenvalue weighted by atomic mass is 31.2. The van der Waals surface area contributed by atoms with Crippen molar-refractivity contribution in [2.45, 2.75) is 13.3 Å². The maximum Gasteiger partial charge on any atom is 0.302 e. The highest BCUT2D eigenvalue weighted by Gasteiger charge is 2.30. The van der Waals surface area contributed by atoms with E-state index in [0.717, 1.165) is 6.42 Å². The normalized spacial score (nSPS) is 19.9. The Morgan fingerprint density at radius 2 is 2.07 bits per heavy atom. The molecule has 0 bridgehead atoms. The highest BCUT2D eigenvalue weighted by molar-refractivity contribution is 7.60. The molecule has 1 heterocycles. The number of carbonyl (C=O) groups is 1. The summed E-state index contributed by atoms with van der Waals surface area (Å²) < 4.78 is 20.0. The quantitative estimate of drug-likeness (QED) is 0.433. The zero-order valence-corrected chi connectivity index (χ0v) is 9.57. The fourth-order valence-electron chi connectivity index (χ4n) is 1.01. The third-order valence-corrected chi connectivity index (χ3v) is 3.34. The first-order valence-corrected chi connectivity index (χ1v) is 6.50. The summed E-state index contributed by atoms with van der Waals surface area (Å²) in [6.45, 7) is 2.73. The molecule has 0 aromatic rings. The lowest BCUT2D eigenvalue weighted by molar-refractivity contribution is -0.142. The molecule has 0 spiro atoms. The summed E-state index contributed by atoms with van der Waals surface area (Å²) in [5.41, 5.74) is 0. The predicted octanol–water partition coefficient (Wildman–Crippen LogP) is 0.715. The second-order valence-electron chi connectivity index (χ2n) is 3.03. The van der Waals surface area contributed by atoms with Crippen molar-refractivity contribution in [3.05, 3.63) is 0 Å². The van der Waals surface area contributed by atoms with E-state index in [0.29, 0.717) is 13.2 Å². The van der Waals surface area contributed by atoms with E-state index in [1.54, 1.807) is 0 Å². The lowest BCUT2D eigenvalue weighted by Gasteiger charge is -2.32. The molecule has 7 heteroatoms. The van der Waals surface area contributed by atoms with Gasteiger partial charge in [0, 0.05) is 6.92 Å². The van der Waals surface area contributed by atoms with Crippen LogP contribution in [0.4, 0.5) is 0 Å². The third-order valence-electron chi connectivity index (χ3n) is 1.66. The van der Waals surface area contributed by atoms with Crippen molar-refractivity contribution in [1.82, 2.24) is 0 Å². The van der Waals surface area contributed by atoms with Crippen LogP contribution in [0, 0.1) is 0 Å². The summed E-state index contributed by atoms with van der Waals surface area (Å²) in [4.78, 5) is 20.1. The van der Waals surface area contributed by atoms with Gasteiger partial charge < -0.3 is 23.4 Å². The first-order chi connectivity index (χ1) is 7.12. The molecule has 1 fully saturated rings. The molecule has 1 aliphatic rings. The van der Waals surface area contributed by atoms with Crippen molar-refractivity contribution < 1.29 is 28.2 Å². The van der Waals surface area contributed by atoms with Gasteiger partial charge in [-0.05, 0) is 6.42 Å². The van der Waals surface area contributed by atoms with Gasteiger partial charge in [-0.15, -0.1) is 0 Å². The smallest absolute Gasteiger partial charge is 0.302 e. The van der Waals surface area contributed by atoms with Crippen LogP contribution in [0.25, 0.3) is 0 Å². The molecule has 1 N–H and O–H groups in total. The molecule has 1 saturated heterocycles. The van der Waals surface area contributed by atoms with Crippen LogP contribution in [0.3, 0.4) is 0 Å². The molecule has 0 amide bonds. The molecule has 0 aromatic carbocycles. The van der Waals surface area contributed by atoms with Crippen LogP contribution in [0.2, 0.25) is 0 Å². The molecule has 1 aliphatic heterocycles. The number of rotatable bonds is 5.